The van der Waals surface area contributed by atoms with E-state index in [0.717, 1.165) is 0 Å². The molecule has 5 nitrogen and oxygen atoms in total. The molecule has 0 atom stereocenters. The van der Waals surface area contributed by atoms with E-state index in [1.165, 1.54) is 25.3 Å². The van der Waals surface area contributed by atoms with Gasteiger partial charge in [0.25, 0.3) is 0 Å². The number of ether oxygens (including phenoxy) is 2. The van der Waals surface area contributed by atoms with Crippen molar-refractivity contribution in [3.63, 3.8) is 0 Å². The molecule has 9 heteroatoms. The lowest BCUT2D eigenvalue weighted by Gasteiger charge is -2.12. The number of hydrogen-bond donors (Lipinski definition) is 2. The highest BCUT2D eigenvalue weighted by molar-refractivity contribution is 8.00. The van der Waals surface area contributed by atoms with Gasteiger partial charge in [0, 0.05) is 11.3 Å². The van der Waals surface area contributed by atoms with Crippen molar-refractivity contribution in [3.8, 4) is 11.5 Å². The minimum Gasteiger partial charge on any atom is -0.493 e. The van der Waals surface area contributed by atoms with Gasteiger partial charge < -0.3 is 20.4 Å². The Balaban J connectivity index is 2.67. The maximum atomic E-state index is 11.9. The SMILES string of the molecule is COc1cc(/C(N)=N/O)ccc1OCCSC(F)(F)F. The van der Waals surface area contributed by atoms with Gasteiger partial charge in [-0.05, 0) is 30.0 Å². The maximum Gasteiger partial charge on any atom is 0.441 e. The number of oxime groups is 1. The fourth-order valence-electron chi connectivity index (χ4n) is 1.31. The first-order chi connectivity index (χ1) is 9.37. The van der Waals surface area contributed by atoms with Crippen LogP contribution in [0, 0.1) is 0 Å². The quantitative estimate of drug-likeness (QED) is 0.277. The summed E-state index contributed by atoms with van der Waals surface area (Å²) in [4.78, 5) is 0. The van der Waals surface area contributed by atoms with Crippen molar-refractivity contribution < 1.29 is 27.9 Å². The maximum absolute atomic E-state index is 11.9. The van der Waals surface area contributed by atoms with Crippen molar-refractivity contribution in [2.24, 2.45) is 10.9 Å². The average Bonchev–Trinajstić information content (AvgIpc) is 2.41. The predicted molar refractivity (Wildman–Crippen MR) is 69.5 cm³/mol. The van der Waals surface area contributed by atoms with Gasteiger partial charge in [0.1, 0.15) is 0 Å². The Morgan fingerprint density at radius 2 is 2.10 bits per heavy atom. The number of thioether (sulfide) groups is 1. The van der Waals surface area contributed by atoms with Crippen LogP contribution < -0.4 is 15.2 Å². The van der Waals surface area contributed by atoms with Gasteiger partial charge in [-0.25, -0.2) is 0 Å². The summed E-state index contributed by atoms with van der Waals surface area (Å²) >= 11 is -0.160. The standard InChI is InChI=1S/C11H13F3N2O3S/c1-18-9-6-7(10(15)16-17)2-3-8(9)19-4-5-20-11(12,13)14/h2-3,6,17H,4-5H2,1H3,(H2,15,16). The molecule has 1 rings (SSSR count). The number of rotatable bonds is 6. The van der Waals surface area contributed by atoms with Crippen molar-refractivity contribution in [1.29, 1.82) is 0 Å². The van der Waals surface area contributed by atoms with E-state index >= 15 is 0 Å². The second-order valence-electron chi connectivity index (χ2n) is 3.49. The zero-order valence-electron chi connectivity index (χ0n) is 10.5. The second-order valence-corrected chi connectivity index (χ2v) is 4.65. The highest BCUT2D eigenvalue weighted by Crippen LogP contribution is 2.31. The van der Waals surface area contributed by atoms with Crippen LogP contribution in [0.5, 0.6) is 11.5 Å². The van der Waals surface area contributed by atoms with Crippen molar-refractivity contribution in [3.05, 3.63) is 23.8 Å². The van der Waals surface area contributed by atoms with E-state index in [1.807, 2.05) is 0 Å². The van der Waals surface area contributed by atoms with Gasteiger partial charge in [-0.2, -0.15) is 13.2 Å². The van der Waals surface area contributed by atoms with Crippen LogP contribution in [0.1, 0.15) is 5.56 Å². The van der Waals surface area contributed by atoms with E-state index in [4.69, 9.17) is 20.4 Å². The van der Waals surface area contributed by atoms with Crippen molar-refractivity contribution >= 4 is 17.6 Å². The highest BCUT2D eigenvalue weighted by atomic mass is 32.2. The summed E-state index contributed by atoms with van der Waals surface area (Å²) in [7, 11) is 1.38. The molecule has 0 heterocycles. The Kier molecular flexibility index (Phi) is 5.81. The molecule has 0 bridgehead atoms. The molecular formula is C11H13F3N2O3S. The van der Waals surface area contributed by atoms with Crippen molar-refractivity contribution in [2.45, 2.75) is 5.51 Å². The van der Waals surface area contributed by atoms with Gasteiger partial charge in [-0.15, -0.1) is 0 Å². The van der Waals surface area contributed by atoms with Crippen molar-refractivity contribution in [1.82, 2.24) is 0 Å². The zero-order valence-corrected chi connectivity index (χ0v) is 11.3. The van der Waals surface area contributed by atoms with Crippen LogP contribution in [0.15, 0.2) is 23.4 Å². The van der Waals surface area contributed by atoms with Crippen LogP contribution in [0.3, 0.4) is 0 Å². The first kappa shape index (κ1) is 16.3. The molecule has 0 aromatic heterocycles. The fraction of sp³-hybridized carbons (Fsp3) is 0.364. The number of nitrogens with two attached hydrogens (primary N) is 1. The number of amidine groups is 1. The Morgan fingerprint density at radius 3 is 2.65 bits per heavy atom. The molecule has 0 spiro atoms. The first-order valence-electron chi connectivity index (χ1n) is 5.37. The van der Waals surface area contributed by atoms with E-state index in [2.05, 4.69) is 5.16 Å². The van der Waals surface area contributed by atoms with Crippen LogP contribution in [-0.4, -0.2) is 36.0 Å². The third kappa shape index (κ3) is 5.08. The molecule has 0 unspecified atom stereocenters. The van der Waals surface area contributed by atoms with Crippen LogP contribution in [0.2, 0.25) is 0 Å². The van der Waals surface area contributed by atoms with Crippen LogP contribution in [0.4, 0.5) is 13.2 Å². The second kappa shape index (κ2) is 7.13. The van der Waals surface area contributed by atoms with Gasteiger partial charge >= 0.3 is 5.51 Å². The van der Waals surface area contributed by atoms with E-state index in [-0.39, 0.29) is 41.5 Å². The van der Waals surface area contributed by atoms with Crippen LogP contribution in [0.25, 0.3) is 0 Å². The lowest BCUT2D eigenvalue weighted by molar-refractivity contribution is -0.0329. The summed E-state index contributed by atoms with van der Waals surface area (Å²) in [6.45, 7) is -0.122. The Morgan fingerprint density at radius 1 is 1.40 bits per heavy atom. The molecule has 0 amide bonds. The number of methoxy groups -OCH3 is 1. The summed E-state index contributed by atoms with van der Waals surface area (Å²) in [5.74, 6) is 0.229. The van der Waals surface area contributed by atoms with Crippen molar-refractivity contribution in [2.75, 3.05) is 19.5 Å². The first-order valence-corrected chi connectivity index (χ1v) is 6.35. The molecule has 112 valence electrons. The number of halogens is 3. The average molecular weight is 310 g/mol. The molecule has 1 aromatic carbocycles. The third-order valence-electron chi connectivity index (χ3n) is 2.17. The number of benzene rings is 1. The predicted octanol–water partition coefficient (Wildman–Crippen LogP) is 2.42. The van der Waals surface area contributed by atoms with Gasteiger partial charge in [0.2, 0.25) is 0 Å². The third-order valence-corrected chi connectivity index (χ3v) is 2.87. The summed E-state index contributed by atoms with van der Waals surface area (Å²) in [6, 6.07) is 4.44. The molecule has 0 fully saturated rings. The lowest BCUT2D eigenvalue weighted by atomic mass is 10.2. The van der Waals surface area contributed by atoms with Gasteiger partial charge in [-0.3, -0.25) is 0 Å². The Hall–Kier alpha value is -1.77. The minimum atomic E-state index is -4.27. The molecule has 20 heavy (non-hydrogen) atoms. The zero-order chi connectivity index (χ0) is 15.2. The summed E-state index contributed by atoms with van der Waals surface area (Å²) in [5, 5.41) is 11.4. The monoisotopic (exact) mass is 310 g/mol. The molecule has 0 radical (unpaired) electrons. The fourth-order valence-corrected chi connectivity index (χ4v) is 1.71. The molecule has 0 aliphatic rings. The topological polar surface area (TPSA) is 77.1 Å². The summed E-state index contributed by atoms with van der Waals surface area (Å²) < 4.78 is 46.1. The van der Waals surface area contributed by atoms with E-state index in [0.29, 0.717) is 5.56 Å². The normalized spacial score (nSPS) is 12.3. The summed E-state index contributed by atoms with van der Waals surface area (Å²) in [6.07, 6.45) is 0. The number of alkyl halides is 3. The molecule has 0 aliphatic heterocycles. The molecular weight excluding hydrogens is 297 g/mol. The molecule has 0 aliphatic carbocycles. The smallest absolute Gasteiger partial charge is 0.441 e. The Labute approximate surface area is 117 Å². The number of hydrogen-bond acceptors (Lipinski definition) is 5. The van der Waals surface area contributed by atoms with E-state index < -0.39 is 5.51 Å². The van der Waals surface area contributed by atoms with Gasteiger partial charge in [0.05, 0.1) is 13.7 Å². The lowest BCUT2D eigenvalue weighted by Crippen LogP contribution is -2.13. The largest absolute Gasteiger partial charge is 0.493 e. The Bertz CT molecular complexity index is 480. The van der Waals surface area contributed by atoms with Crippen LogP contribution >= 0.6 is 11.8 Å². The molecule has 1 aromatic rings. The molecule has 0 saturated carbocycles. The van der Waals surface area contributed by atoms with Crippen LogP contribution in [-0.2, 0) is 0 Å². The summed E-state index contributed by atoms with van der Waals surface area (Å²) in [5.41, 5.74) is 1.54. The number of nitrogens with zero attached hydrogens (tertiary/aromatic N) is 1. The highest BCUT2D eigenvalue weighted by Gasteiger charge is 2.27. The van der Waals surface area contributed by atoms with Gasteiger partial charge in [-0.1, -0.05) is 5.16 Å². The van der Waals surface area contributed by atoms with E-state index in [1.54, 1.807) is 0 Å². The molecule has 3 N–H and O–H groups in total. The van der Waals surface area contributed by atoms with E-state index in [9.17, 15) is 13.2 Å². The minimum absolute atomic E-state index is 0.109. The molecule has 0 saturated heterocycles. The van der Waals surface area contributed by atoms with Gasteiger partial charge in [0.15, 0.2) is 17.3 Å².